The summed E-state index contributed by atoms with van der Waals surface area (Å²) >= 11 is 0. The van der Waals surface area contributed by atoms with E-state index < -0.39 is 0 Å². The summed E-state index contributed by atoms with van der Waals surface area (Å²) in [6.45, 7) is 6.23. The molecular weight excluding hydrogens is 208 g/mol. The quantitative estimate of drug-likeness (QED) is 0.601. The standard InChI is InChI=1S/C12H22O4/c1-4-6-10(3)16-12(14)8-7-11(13)15-9-5-2/h10H,4-9H2,1-3H3. The fourth-order valence-corrected chi connectivity index (χ4v) is 1.24. The third-order valence-electron chi connectivity index (χ3n) is 2.03. The molecule has 4 nitrogen and oxygen atoms in total. The maximum atomic E-state index is 11.3. The van der Waals surface area contributed by atoms with Gasteiger partial charge in [-0.25, -0.2) is 0 Å². The van der Waals surface area contributed by atoms with E-state index in [1.807, 2.05) is 20.8 Å². The van der Waals surface area contributed by atoms with E-state index in [-0.39, 0.29) is 30.9 Å². The van der Waals surface area contributed by atoms with Gasteiger partial charge in [-0.2, -0.15) is 0 Å². The summed E-state index contributed by atoms with van der Waals surface area (Å²) in [4.78, 5) is 22.4. The molecule has 0 fully saturated rings. The second-order valence-corrected chi connectivity index (χ2v) is 3.81. The van der Waals surface area contributed by atoms with Crippen LogP contribution in [0.1, 0.15) is 52.9 Å². The molecule has 0 aliphatic rings. The molecule has 0 aromatic heterocycles. The minimum absolute atomic E-state index is 0.0656. The number of hydrogen-bond acceptors (Lipinski definition) is 4. The zero-order valence-electron chi connectivity index (χ0n) is 10.5. The Morgan fingerprint density at radius 3 is 2.25 bits per heavy atom. The molecule has 0 bridgehead atoms. The van der Waals surface area contributed by atoms with Crippen molar-refractivity contribution in [2.45, 2.75) is 59.0 Å². The smallest absolute Gasteiger partial charge is 0.306 e. The van der Waals surface area contributed by atoms with E-state index in [4.69, 9.17) is 9.47 Å². The van der Waals surface area contributed by atoms with Gasteiger partial charge in [-0.15, -0.1) is 0 Å². The van der Waals surface area contributed by atoms with Gasteiger partial charge in [0.25, 0.3) is 0 Å². The molecule has 0 rings (SSSR count). The number of carbonyl (C=O) groups is 2. The van der Waals surface area contributed by atoms with Crippen molar-refractivity contribution in [3.63, 3.8) is 0 Å². The Labute approximate surface area is 97.3 Å². The molecule has 0 amide bonds. The zero-order valence-corrected chi connectivity index (χ0v) is 10.5. The van der Waals surface area contributed by atoms with Crippen LogP contribution in [0, 0.1) is 0 Å². The van der Waals surface area contributed by atoms with Crippen LogP contribution in [0.5, 0.6) is 0 Å². The number of rotatable bonds is 8. The lowest BCUT2D eigenvalue weighted by Gasteiger charge is -2.11. The summed E-state index contributed by atoms with van der Waals surface area (Å²) in [6.07, 6.45) is 2.78. The molecule has 0 aromatic carbocycles. The number of carbonyl (C=O) groups excluding carboxylic acids is 2. The van der Waals surface area contributed by atoms with Crippen LogP contribution in [-0.2, 0) is 19.1 Å². The van der Waals surface area contributed by atoms with Crippen molar-refractivity contribution in [2.75, 3.05) is 6.61 Å². The minimum atomic E-state index is -0.332. The van der Waals surface area contributed by atoms with Crippen molar-refractivity contribution in [3.05, 3.63) is 0 Å². The van der Waals surface area contributed by atoms with Gasteiger partial charge >= 0.3 is 11.9 Å². The lowest BCUT2D eigenvalue weighted by molar-refractivity contribution is -0.153. The maximum absolute atomic E-state index is 11.3. The molecular formula is C12H22O4. The summed E-state index contributed by atoms with van der Waals surface area (Å²) in [5.41, 5.74) is 0. The van der Waals surface area contributed by atoms with E-state index >= 15 is 0 Å². The van der Waals surface area contributed by atoms with Crippen LogP contribution in [0.15, 0.2) is 0 Å². The highest BCUT2D eigenvalue weighted by Crippen LogP contribution is 2.04. The summed E-state index contributed by atoms with van der Waals surface area (Å²) < 4.78 is 9.95. The normalized spacial score (nSPS) is 11.9. The third kappa shape index (κ3) is 8.26. The van der Waals surface area contributed by atoms with Gasteiger partial charge in [-0.1, -0.05) is 20.3 Å². The lowest BCUT2D eigenvalue weighted by Crippen LogP contribution is -2.16. The van der Waals surface area contributed by atoms with Gasteiger partial charge in [0.05, 0.1) is 25.6 Å². The average Bonchev–Trinajstić information content (AvgIpc) is 2.23. The van der Waals surface area contributed by atoms with E-state index in [0.717, 1.165) is 19.3 Å². The van der Waals surface area contributed by atoms with Crippen LogP contribution >= 0.6 is 0 Å². The highest BCUT2D eigenvalue weighted by molar-refractivity contribution is 5.77. The predicted molar refractivity (Wildman–Crippen MR) is 60.9 cm³/mol. The Balaban J connectivity index is 3.60. The minimum Gasteiger partial charge on any atom is -0.466 e. The summed E-state index contributed by atoms with van der Waals surface area (Å²) in [7, 11) is 0. The van der Waals surface area contributed by atoms with Gasteiger partial charge in [0.1, 0.15) is 0 Å². The summed E-state index contributed by atoms with van der Waals surface area (Å²) in [5.74, 6) is -0.656. The molecule has 0 saturated carbocycles. The number of hydrogen-bond donors (Lipinski definition) is 0. The zero-order chi connectivity index (χ0) is 12.4. The molecule has 16 heavy (non-hydrogen) atoms. The van der Waals surface area contributed by atoms with Crippen LogP contribution in [0.3, 0.4) is 0 Å². The largest absolute Gasteiger partial charge is 0.466 e. The van der Waals surface area contributed by atoms with Crippen molar-refractivity contribution in [1.82, 2.24) is 0 Å². The molecule has 0 radical (unpaired) electrons. The Hall–Kier alpha value is -1.06. The SMILES string of the molecule is CCCOC(=O)CCC(=O)OC(C)CCC. The molecule has 0 aromatic rings. The van der Waals surface area contributed by atoms with E-state index in [9.17, 15) is 9.59 Å². The second kappa shape index (κ2) is 9.19. The second-order valence-electron chi connectivity index (χ2n) is 3.81. The van der Waals surface area contributed by atoms with Crippen molar-refractivity contribution >= 4 is 11.9 Å². The monoisotopic (exact) mass is 230 g/mol. The first-order chi connectivity index (χ1) is 7.60. The lowest BCUT2D eigenvalue weighted by atomic mass is 10.2. The van der Waals surface area contributed by atoms with Crippen LogP contribution in [0.25, 0.3) is 0 Å². The van der Waals surface area contributed by atoms with Gasteiger partial charge < -0.3 is 9.47 Å². The average molecular weight is 230 g/mol. The first-order valence-electron chi connectivity index (χ1n) is 5.95. The van der Waals surface area contributed by atoms with Crippen LogP contribution in [-0.4, -0.2) is 24.6 Å². The van der Waals surface area contributed by atoms with Gasteiger partial charge in [-0.05, 0) is 19.8 Å². The van der Waals surface area contributed by atoms with Crippen molar-refractivity contribution in [2.24, 2.45) is 0 Å². The highest BCUT2D eigenvalue weighted by atomic mass is 16.5. The van der Waals surface area contributed by atoms with Crippen LogP contribution < -0.4 is 0 Å². The van der Waals surface area contributed by atoms with Crippen LogP contribution in [0.2, 0.25) is 0 Å². The maximum Gasteiger partial charge on any atom is 0.306 e. The topological polar surface area (TPSA) is 52.6 Å². The number of ether oxygens (including phenoxy) is 2. The number of esters is 2. The van der Waals surface area contributed by atoms with Gasteiger partial charge in [0, 0.05) is 0 Å². The van der Waals surface area contributed by atoms with Crippen molar-refractivity contribution in [1.29, 1.82) is 0 Å². The first kappa shape index (κ1) is 14.9. The Bertz CT molecular complexity index is 213. The van der Waals surface area contributed by atoms with Gasteiger partial charge in [-0.3, -0.25) is 9.59 Å². The molecule has 4 heteroatoms. The summed E-state index contributed by atoms with van der Waals surface area (Å²) in [5, 5.41) is 0. The predicted octanol–water partition coefficient (Wildman–Crippen LogP) is 2.45. The Kier molecular flexibility index (Phi) is 8.58. The molecule has 1 unspecified atom stereocenters. The molecule has 0 aliphatic heterocycles. The van der Waals surface area contributed by atoms with E-state index in [0.29, 0.717) is 6.61 Å². The Morgan fingerprint density at radius 1 is 1.06 bits per heavy atom. The van der Waals surface area contributed by atoms with Gasteiger partial charge in [0.2, 0.25) is 0 Å². The molecule has 0 saturated heterocycles. The molecule has 94 valence electrons. The Morgan fingerprint density at radius 2 is 1.69 bits per heavy atom. The first-order valence-corrected chi connectivity index (χ1v) is 5.95. The third-order valence-corrected chi connectivity index (χ3v) is 2.03. The van der Waals surface area contributed by atoms with Crippen molar-refractivity contribution in [3.8, 4) is 0 Å². The molecule has 0 aliphatic carbocycles. The highest BCUT2D eigenvalue weighted by Gasteiger charge is 2.11. The summed E-state index contributed by atoms with van der Waals surface area (Å²) in [6, 6.07) is 0. The fourth-order valence-electron chi connectivity index (χ4n) is 1.24. The van der Waals surface area contributed by atoms with Crippen LogP contribution in [0.4, 0.5) is 0 Å². The van der Waals surface area contributed by atoms with E-state index in [1.54, 1.807) is 0 Å². The molecule has 0 heterocycles. The molecule has 0 N–H and O–H groups in total. The molecule has 0 spiro atoms. The fraction of sp³-hybridized carbons (Fsp3) is 0.833. The van der Waals surface area contributed by atoms with Gasteiger partial charge in [0.15, 0.2) is 0 Å². The van der Waals surface area contributed by atoms with E-state index in [1.165, 1.54) is 0 Å². The van der Waals surface area contributed by atoms with E-state index in [2.05, 4.69) is 0 Å². The van der Waals surface area contributed by atoms with Crippen molar-refractivity contribution < 1.29 is 19.1 Å². The molecule has 1 atom stereocenters.